The van der Waals surface area contributed by atoms with Crippen molar-refractivity contribution >= 4 is 29.3 Å². The molecule has 1 amide bonds. The van der Waals surface area contributed by atoms with Crippen molar-refractivity contribution in [2.75, 3.05) is 24.6 Å². The first-order valence-corrected chi connectivity index (χ1v) is 11.8. The Balaban J connectivity index is 1.29. The van der Waals surface area contributed by atoms with E-state index in [0.29, 0.717) is 22.4 Å². The summed E-state index contributed by atoms with van der Waals surface area (Å²) in [6.45, 7) is 2.21. The number of benzene rings is 1. The number of ether oxygens (including phenoxy) is 1. The molecule has 2 heterocycles. The number of piperidine rings is 1. The summed E-state index contributed by atoms with van der Waals surface area (Å²) in [7, 11) is 0. The molecule has 1 atom stereocenters. The van der Waals surface area contributed by atoms with Gasteiger partial charge in [0.1, 0.15) is 11.9 Å². The van der Waals surface area contributed by atoms with Crippen LogP contribution in [-0.2, 0) is 0 Å². The van der Waals surface area contributed by atoms with E-state index < -0.39 is 0 Å². The molecule has 1 N–H and O–H groups in total. The summed E-state index contributed by atoms with van der Waals surface area (Å²) in [6, 6.07) is 6.50. The van der Waals surface area contributed by atoms with E-state index in [-0.39, 0.29) is 12.0 Å². The Labute approximate surface area is 171 Å². The Morgan fingerprint density at radius 2 is 1.93 bits per heavy atom. The molecule has 2 saturated heterocycles. The van der Waals surface area contributed by atoms with Crippen LogP contribution in [0.25, 0.3) is 0 Å². The molecule has 2 aliphatic heterocycles. The normalized spacial score (nSPS) is 25.0. The molecule has 4 rings (SSSR count). The van der Waals surface area contributed by atoms with Crippen molar-refractivity contribution in [3.8, 4) is 5.75 Å². The van der Waals surface area contributed by atoms with E-state index in [9.17, 15) is 4.79 Å². The van der Waals surface area contributed by atoms with Crippen LogP contribution < -0.4 is 10.1 Å². The van der Waals surface area contributed by atoms with Gasteiger partial charge in [-0.2, -0.15) is 11.8 Å². The molecular weight excluding hydrogens is 380 g/mol. The summed E-state index contributed by atoms with van der Waals surface area (Å²) in [4.78, 5) is 15.0. The van der Waals surface area contributed by atoms with Gasteiger partial charge in [0.15, 0.2) is 0 Å². The van der Waals surface area contributed by atoms with Gasteiger partial charge in [-0.05, 0) is 56.1 Å². The number of rotatable bonds is 5. The van der Waals surface area contributed by atoms with Crippen LogP contribution in [0.3, 0.4) is 0 Å². The first-order valence-electron chi connectivity index (χ1n) is 10.3. The fourth-order valence-corrected chi connectivity index (χ4v) is 5.90. The number of halogens is 1. The molecule has 1 aromatic rings. The third-order valence-electron chi connectivity index (χ3n) is 6.08. The number of carbonyl (C=O) groups excluding carboxylic acids is 1. The lowest BCUT2D eigenvalue weighted by Gasteiger charge is -2.35. The molecule has 1 unspecified atom stereocenters. The second kappa shape index (κ2) is 9.06. The zero-order chi connectivity index (χ0) is 18.6. The smallest absolute Gasteiger partial charge is 0.251 e. The predicted octanol–water partition coefficient (Wildman–Crippen LogP) is 4.36. The minimum absolute atomic E-state index is 0.0295. The zero-order valence-electron chi connectivity index (χ0n) is 15.8. The van der Waals surface area contributed by atoms with Gasteiger partial charge in [0.2, 0.25) is 0 Å². The van der Waals surface area contributed by atoms with Crippen LogP contribution in [0.1, 0.15) is 55.3 Å². The Hall–Kier alpha value is -0.910. The highest BCUT2D eigenvalue weighted by molar-refractivity contribution is 7.99. The second-order valence-electron chi connectivity index (χ2n) is 7.97. The lowest BCUT2D eigenvalue weighted by atomic mass is 10.0. The maximum absolute atomic E-state index is 12.4. The van der Waals surface area contributed by atoms with Crippen LogP contribution in [0.2, 0.25) is 5.02 Å². The predicted molar refractivity (Wildman–Crippen MR) is 112 cm³/mol. The van der Waals surface area contributed by atoms with Crippen LogP contribution in [0.4, 0.5) is 0 Å². The van der Waals surface area contributed by atoms with E-state index >= 15 is 0 Å². The Morgan fingerprint density at radius 3 is 2.59 bits per heavy atom. The molecule has 6 heteroatoms. The van der Waals surface area contributed by atoms with Crippen LogP contribution >= 0.6 is 23.4 Å². The summed E-state index contributed by atoms with van der Waals surface area (Å²) in [6.07, 6.45) is 8.20. The first kappa shape index (κ1) is 19.4. The number of thioether (sulfide) groups is 1. The Morgan fingerprint density at radius 1 is 1.15 bits per heavy atom. The van der Waals surface area contributed by atoms with Crippen molar-refractivity contribution in [3.05, 3.63) is 28.8 Å². The van der Waals surface area contributed by atoms with Crippen LogP contribution in [0.5, 0.6) is 5.75 Å². The van der Waals surface area contributed by atoms with E-state index in [2.05, 4.69) is 22.0 Å². The van der Waals surface area contributed by atoms with Gasteiger partial charge in [-0.15, -0.1) is 0 Å². The standard InChI is InChI=1S/C21H29ClN2O2S/c22-19-13-15(21(25)23-16-3-1-2-4-16)5-6-20(19)26-18-7-10-24(11-8-18)17-9-12-27-14-17/h5-6,13,16-18H,1-4,7-12,14H2,(H,23,25). The van der Waals surface area contributed by atoms with Gasteiger partial charge in [0, 0.05) is 36.5 Å². The molecule has 4 nitrogen and oxygen atoms in total. The molecular formula is C21H29ClN2O2S. The number of nitrogens with one attached hydrogen (secondary N) is 1. The van der Waals surface area contributed by atoms with Gasteiger partial charge >= 0.3 is 0 Å². The SMILES string of the molecule is O=C(NC1CCCC1)c1ccc(OC2CCN(C3CCSC3)CC2)c(Cl)c1. The number of likely N-dealkylation sites (tertiary alicyclic amines) is 1. The van der Waals surface area contributed by atoms with E-state index in [1.807, 2.05) is 12.1 Å². The van der Waals surface area contributed by atoms with E-state index in [0.717, 1.165) is 44.8 Å². The molecule has 1 aliphatic carbocycles. The summed E-state index contributed by atoms with van der Waals surface area (Å²) >= 11 is 8.49. The molecule has 148 valence electrons. The van der Waals surface area contributed by atoms with Gasteiger partial charge in [0.05, 0.1) is 5.02 Å². The molecule has 0 bridgehead atoms. The molecule has 1 aromatic carbocycles. The highest BCUT2D eigenvalue weighted by Crippen LogP contribution is 2.30. The summed E-state index contributed by atoms with van der Waals surface area (Å²) in [5.41, 5.74) is 0.618. The highest BCUT2D eigenvalue weighted by atomic mass is 35.5. The minimum atomic E-state index is -0.0295. The van der Waals surface area contributed by atoms with Crippen molar-refractivity contribution < 1.29 is 9.53 Å². The number of carbonyl (C=O) groups is 1. The Kier molecular flexibility index (Phi) is 6.51. The number of hydrogen-bond donors (Lipinski definition) is 1. The molecule has 0 spiro atoms. The lowest BCUT2D eigenvalue weighted by molar-refractivity contribution is 0.0817. The number of amides is 1. The molecule has 3 aliphatic rings. The maximum atomic E-state index is 12.4. The van der Waals surface area contributed by atoms with Gasteiger partial charge < -0.3 is 10.1 Å². The average Bonchev–Trinajstić information content (AvgIpc) is 3.38. The number of nitrogens with zero attached hydrogens (tertiary/aromatic N) is 1. The lowest BCUT2D eigenvalue weighted by Crippen LogP contribution is -2.44. The fraction of sp³-hybridized carbons (Fsp3) is 0.667. The van der Waals surface area contributed by atoms with Crippen molar-refractivity contribution in [3.63, 3.8) is 0 Å². The Bertz CT molecular complexity index is 652. The third-order valence-corrected chi connectivity index (χ3v) is 7.52. The van der Waals surface area contributed by atoms with Gasteiger partial charge in [-0.25, -0.2) is 0 Å². The molecule has 3 fully saturated rings. The van der Waals surface area contributed by atoms with Crippen LogP contribution in [0, 0.1) is 0 Å². The average molecular weight is 409 g/mol. The van der Waals surface area contributed by atoms with Crippen molar-refractivity contribution in [2.24, 2.45) is 0 Å². The quantitative estimate of drug-likeness (QED) is 0.785. The minimum Gasteiger partial charge on any atom is -0.489 e. The highest BCUT2D eigenvalue weighted by Gasteiger charge is 2.28. The van der Waals surface area contributed by atoms with Crippen LogP contribution in [-0.4, -0.2) is 53.6 Å². The maximum Gasteiger partial charge on any atom is 0.251 e. The molecule has 0 radical (unpaired) electrons. The zero-order valence-corrected chi connectivity index (χ0v) is 17.4. The number of hydrogen-bond acceptors (Lipinski definition) is 4. The van der Waals surface area contributed by atoms with Crippen molar-refractivity contribution in [1.29, 1.82) is 0 Å². The molecule has 1 saturated carbocycles. The largest absolute Gasteiger partial charge is 0.489 e. The second-order valence-corrected chi connectivity index (χ2v) is 9.53. The van der Waals surface area contributed by atoms with E-state index in [4.69, 9.17) is 16.3 Å². The molecule has 27 heavy (non-hydrogen) atoms. The topological polar surface area (TPSA) is 41.6 Å². The van der Waals surface area contributed by atoms with E-state index in [1.54, 1.807) is 6.07 Å². The van der Waals surface area contributed by atoms with Crippen molar-refractivity contribution in [2.45, 2.75) is 63.1 Å². The van der Waals surface area contributed by atoms with Gasteiger partial charge in [-0.1, -0.05) is 24.4 Å². The third kappa shape index (κ3) is 4.93. The molecule has 0 aromatic heterocycles. The summed E-state index contributed by atoms with van der Waals surface area (Å²) in [5.74, 6) is 3.25. The fourth-order valence-electron chi connectivity index (χ4n) is 4.42. The summed E-state index contributed by atoms with van der Waals surface area (Å²) in [5, 5.41) is 3.64. The summed E-state index contributed by atoms with van der Waals surface area (Å²) < 4.78 is 6.17. The first-order chi connectivity index (χ1) is 13.2. The monoisotopic (exact) mass is 408 g/mol. The van der Waals surface area contributed by atoms with Gasteiger partial charge in [0.25, 0.3) is 5.91 Å². The van der Waals surface area contributed by atoms with E-state index in [1.165, 1.54) is 30.8 Å². The van der Waals surface area contributed by atoms with Gasteiger partial charge in [-0.3, -0.25) is 9.69 Å². The van der Waals surface area contributed by atoms with Crippen molar-refractivity contribution in [1.82, 2.24) is 10.2 Å². The van der Waals surface area contributed by atoms with Crippen LogP contribution in [0.15, 0.2) is 18.2 Å².